The van der Waals surface area contributed by atoms with Crippen molar-refractivity contribution in [3.63, 3.8) is 0 Å². The number of hydrogen-bond acceptors (Lipinski definition) is 3. The standard InChI is InChI=1S/C15H15FN2O3S/c1-10-13(16)4-3-5-14(10)18-15(19)17-11-6-8-12(9-7-11)22(2,20)21/h3-9H,1-2H3,(H2,17,18,19). The van der Waals surface area contributed by atoms with Crippen molar-refractivity contribution < 1.29 is 17.6 Å². The van der Waals surface area contributed by atoms with Gasteiger partial charge in [-0.05, 0) is 43.3 Å². The molecular formula is C15H15FN2O3S. The van der Waals surface area contributed by atoms with E-state index in [0.29, 0.717) is 16.9 Å². The van der Waals surface area contributed by atoms with Crippen molar-refractivity contribution in [3.8, 4) is 0 Å². The molecule has 2 aromatic rings. The van der Waals surface area contributed by atoms with E-state index in [-0.39, 0.29) is 4.90 Å². The Bertz CT molecular complexity index is 802. The van der Waals surface area contributed by atoms with Crippen LogP contribution in [-0.4, -0.2) is 20.7 Å². The summed E-state index contributed by atoms with van der Waals surface area (Å²) in [6.07, 6.45) is 1.11. The van der Waals surface area contributed by atoms with Gasteiger partial charge in [-0.1, -0.05) is 6.07 Å². The number of sulfone groups is 1. The lowest BCUT2D eigenvalue weighted by molar-refractivity contribution is 0.262. The minimum atomic E-state index is -3.28. The normalized spacial score (nSPS) is 11.0. The van der Waals surface area contributed by atoms with Gasteiger partial charge in [0.25, 0.3) is 0 Å². The summed E-state index contributed by atoms with van der Waals surface area (Å²) in [5.41, 5.74) is 1.13. The molecule has 0 aliphatic heterocycles. The van der Waals surface area contributed by atoms with Gasteiger partial charge in [0.2, 0.25) is 0 Å². The van der Waals surface area contributed by atoms with Gasteiger partial charge in [-0.15, -0.1) is 0 Å². The van der Waals surface area contributed by atoms with Crippen LogP contribution in [0.3, 0.4) is 0 Å². The summed E-state index contributed by atoms with van der Waals surface area (Å²) in [6.45, 7) is 1.56. The zero-order valence-corrected chi connectivity index (χ0v) is 12.9. The second kappa shape index (κ2) is 6.15. The third-order valence-corrected chi connectivity index (χ3v) is 4.18. The molecule has 5 nitrogen and oxygen atoms in total. The molecule has 2 amide bonds. The van der Waals surface area contributed by atoms with Crippen molar-refractivity contribution in [3.05, 3.63) is 53.8 Å². The van der Waals surface area contributed by atoms with Crippen LogP contribution in [0.15, 0.2) is 47.4 Å². The van der Waals surface area contributed by atoms with Gasteiger partial charge < -0.3 is 10.6 Å². The predicted octanol–water partition coefficient (Wildman–Crippen LogP) is 3.18. The van der Waals surface area contributed by atoms with Gasteiger partial charge >= 0.3 is 6.03 Å². The summed E-state index contributed by atoms with van der Waals surface area (Å²) < 4.78 is 36.1. The molecule has 0 saturated heterocycles. The Morgan fingerprint density at radius 1 is 1.05 bits per heavy atom. The molecular weight excluding hydrogens is 307 g/mol. The highest BCUT2D eigenvalue weighted by atomic mass is 32.2. The lowest BCUT2D eigenvalue weighted by atomic mass is 10.2. The Kier molecular flexibility index (Phi) is 4.46. The first-order chi connectivity index (χ1) is 10.3. The SMILES string of the molecule is Cc1c(F)cccc1NC(=O)Nc1ccc(S(C)(=O)=O)cc1. The minimum absolute atomic E-state index is 0.166. The molecule has 0 fully saturated rings. The Morgan fingerprint density at radius 2 is 1.68 bits per heavy atom. The summed E-state index contributed by atoms with van der Waals surface area (Å²) in [6, 6.07) is 9.62. The van der Waals surface area contributed by atoms with Gasteiger partial charge in [-0.3, -0.25) is 0 Å². The number of carbonyl (C=O) groups excluding carboxylic acids is 1. The predicted molar refractivity (Wildman–Crippen MR) is 83.3 cm³/mol. The van der Waals surface area contributed by atoms with E-state index in [9.17, 15) is 17.6 Å². The third-order valence-electron chi connectivity index (χ3n) is 3.06. The smallest absolute Gasteiger partial charge is 0.308 e. The molecule has 0 aromatic heterocycles. The molecule has 22 heavy (non-hydrogen) atoms. The van der Waals surface area contributed by atoms with Crippen molar-refractivity contribution >= 4 is 27.2 Å². The number of amides is 2. The second-order valence-electron chi connectivity index (χ2n) is 4.79. The Morgan fingerprint density at radius 3 is 2.27 bits per heavy atom. The quantitative estimate of drug-likeness (QED) is 0.911. The molecule has 0 bridgehead atoms. The molecule has 0 unspecified atom stereocenters. The van der Waals surface area contributed by atoms with Gasteiger partial charge in [0.05, 0.1) is 4.90 Å². The van der Waals surface area contributed by atoms with E-state index in [1.165, 1.54) is 36.4 Å². The number of anilines is 2. The molecule has 0 aliphatic carbocycles. The van der Waals surface area contributed by atoms with Crippen LogP contribution in [0.2, 0.25) is 0 Å². The Labute approximate surface area is 128 Å². The molecule has 2 N–H and O–H groups in total. The van der Waals surface area contributed by atoms with Crippen molar-refractivity contribution in [1.82, 2.24) is 0 Å². The summed E-state index contributed by atoms with van der Waals surface area (Å²) in [5.74, 6) is -0.407. The number of urea groups is 1. The number of nitrogens with one attached hydrogen (secondary N) is 2. The Balaban J connectivity index is 2.08. The summed E-state index contributed by atoms with van der Waals surface area (Å²) >= 11 is 0. The van der Waals surface area contributed by atoms with E-state index < -0.39 is 21.7 Å². The average Bonchev–Trinajstić information content (AvgIpc) is 2.43. The fourth-order valence-electron chi connectivity index (χ4n) is 1.81. The molecule has 2 aromatic carbocycles. The molecule has 0 atom stereocenters. The number of halogens is 1. The maximum atomic E-state index is 13.4. The van der Waals surface area contributed by atoms with E-state index in [2.05, 4.69) is 10.6 Å². The zero-order chi connectivity index (χ0) is 16.3. The highest BCUT2D eigenvalue weighted by molar-refractivity contribution is 7.90. The molecule has 0 aliphatic rings. The summed E-state index contributed by atoms with van der Waals surface area (Å²) in [7, 11) is -3.28. The lowest BCUT2D eigenvalue weighted by Crippen LogP contribution is -2.20. The maximum Gasteiger partial charge on any atom is 0.323 e. The first kappa shape index (κ1) is 16.0. The van der Waals surface area contributed by atoms with Gasteiger partial charge in [0.15, 0.2) is 9.84 Å². The van der Waals surface area contributed by atoms with E-state index in [0.717, 1.165) is 6.26 Å². The molecule has 116 valence electrons. The van der Waals surface area contributed by atoms with Gasteiger partial charge in [0, 0.05) is 23.2 Å². The van der Waals surface area contributed by atoms with E-state index >= 15 is 0 Å². The van der Waals surface area contributed by atoms with Gasteiger partial charge in [-0.25, -0.2) is 17.6 Å². The van der Waals surface area contributed by atoms with Gasteiger partial charge in [-0.2, -0.15) is 0 Å². The molecule has 0 heterocycles. The van der Waals surface area contributed by atoms with Crippen LogP contribution in [0, 0.1) is 12.7 Å². The summed E-state index contributed by atoms with van der Waals surface area (Å²) in [4.78, 5) is 12.0. The highest BCUT2D eigenvalue weighted by Gasteiger charge is 2.09. The van der Waals surface area contributed by atoms with Crippen LogP contribution >= 0.6 is 0 Å². The van der Waals surface area contributed by atoms with Crippen molar-refractivity contribution in [2.45, 2.75) is 11.8 Å². The van der Waals surface area contributed by atoms with E-state index in [1.807, 2.05) is 0 Å². The monoisotopic (exact) mass is 322 g/mol. The number of rotatable bonds is 3. The zero-order valence-electron chi connectivity index (χ0n) is 12.1. The van der Waals surface area contributed by atoms with Crippen LogP contribution in [0.1, 0.15) is 5.56 Å². The molecule has 0 spiro atoms. The summed E-state index contributed by atoms with van der Waals surface area (Å²) in [5, 5.41) is 5.08. The van der Waals surface area contributed by atoms with Gasteiger partial charge in [0.1, 0.15) is 5.82 Å². The van der Waals surface area contributed by atoms with Crippen LogP contribution in [-0.2, 0) is 9.84 Å². The van der Waals surface area contributed by atoms with E-state index in [1.54, 1.807) is 13.0 Å². The molecule has 0 saturated carbocycles. The number of benzene rings is 2. The third kappa shape index (κ3) is 3.82. The first-order valence-corrected chi connectivity index (χ1v) is 8.30. The first-order valence-electron chi connectivity index (χ1n) is 6.40. The van der Waals surface area contributed by atoms with Crippen LogP contribution in [0.5, 0.6) is 0 Å². The van der Waals surface area contributed by atoms with Crippen LogP contribution in [0.25, 0.3) is 0 Å². The fourth-order valence-corrected chi connectivity index (χ4v) is 2.44. The highest BCUT2D eigenvalue weighted by Crippen LogP contribution is 2.18. The topological polar surface area (TPSA) is 75.3 Å². The molecule has 2 rings (SSSR count). The van der Waals surface area contributed by atoms with Crippen molar-refractivity contribution in [1.29, 1.82) is 0 Å². The van der Waals surface area contributed by atoms with E-state index in [4.69, 9.17) is 0 Å². The van der Waals surface area contributed by atoms with Crippen molar-refractivity contribution in [2.24, 2.45) is 0 Å². The van der Waals surface area contributed by atoms with Crippen molar-refractivity contribution in [2.75, 3.05) is 16.9 Å². The Hall–Kier alpha value is -2.41. The number of hydrogen-bond donors (Lipinski definition) is 2. The molecule has 0 radical (unpaired) electrons. The van der Waals surface area contributed by atoms with Crippen LogP contribution in [0.4, 0.5) is 20.6 Å². The average molecular weight is 322 g/mol. The second-order valence-corrected chi connectivity index (χ2v) is 6.80. The molecule has 7 heteroatoms. The minimum Gasteiger partial charge on any atom is -0.308 e. The lowest BCUT2D eigenvalue weighted by Gasteiger charge is -2.10. The number of carbonyl (C=O) groups is 1. The maximum absolute atomic E-state index is 13.4. The fraction of sp³-hybridized carbons (Fsp3) is 0.133. The largest absolute Gasteiger partial charge is 0.323 e. The van der Waals surface area contributed by atoms with Crippen LogP contribution < -0.4 is 10.6 Å².